The maximum atomic E-state index is 12.0. The fraction of sp³-hybridized carbons (Fsp3) is 0.625. The SMILES string of the molecule is CCCCCc1cc(C)c([O-])c([O-])c1CCCC.[Ni+2]. The molecule has 0 N–H and O–H groups in total. The number of unbranched alkanes of at least 4 members (excludes halogenated alkanes) is 3. The van der Waals surface area contributed by atoms with Gasteiger partial charge in [-0.1, -0.05) is 50.3 Å². The van der Waals surface area contributed by atoms with E-state index in [0.29, 0.717) is 5.56 Å². The molecule has 19 heavy (non-hydrogen) atoms. The molecule has 3 heteroatoms. The summed E-state index contributed by atoms with van der Waals surface area (Å²) in [5, 5.41) is 23.8. The van der Waals surface area contributed by atoms with E-state index < -0.39 is 0 Å². The molecule has 0 unspecified atom stereocenters. The first-order valence-corrected chi connectivity index (χ1v) is 7.11. The second-order valence-electron chi connectivity index (χ2n) is 5.05. The van der Waals surface area contributed by atoms with E-state index >= 15 is 0 Å². The molecule has 0 saturated heterocycles. The Kier molecular flexibility index (Phi) is 8.92. The molecule has 0 bridgehead atoms. The van der Waals surface area contributed by atoms with E-state index in [1.54, 1.807) is 6.92 Å². The summed E-state index contributed by atoms with van der Waals surface area (Å²) in [6, 6.07) is 1.93. The molecular formula is C16H24NiO2. The number of aryl methyl sites for hydroxylation is 2. The van der Waals surface area contributed by atoms with Crippen molar-refractivity contribution in [3.63, 3.8) is 0 Å². The van der Waals surface area contributed by atoms with Crippen LogP contribution in [0.1, 0.15) is 62.6 Å². The standard InChI is InChI=1S/C16H26O2.Ni/c1-4-6-8-9-13-11-12(3)15(17)16(18)14(13)10-7-5-2;/h11,17-18H,4-10H2,1-3H3;/q;+2/p-2. The normalized spacial score (nSPS) is 10.3. The summed E-state index contributed by atoms with van der Waals surface area (Å²) in [5.41, 5.74) is 2.49. The Labute approximate surface area is 127 Å². The third-order valence-corrected chi connectivity index (χ3v) is 3.45. The largest absolute Gasteiger partial charge is 2.00 e. The van der Waals surface area contributed by atoms with Crippen molar-refractivity contribution < 1.29 is 26.7 Å². The molecule has 0 saturated carbocycles. The van der Waals surface area contributed by atoms with Crippen LogP contribution >= 0.6 is 0 Å². The summed E-state index contributed by atoms with van der Waals surface area (Å²) < 4.78 is 0. The fourth-order valence-corrected chi connectivity index (χ4v) is 2.29. The summed E-state index contributed by atoms with van der Waals surface area (Å²) in [7, 11) is 0. The summed E-state index contributed by atoms with van der Waals surface area (Å²) in [5.74, 6) is -0.560. The van der Waals surface area contributed by atoms with Crippen LogP contribution < -0.4 is 10.2 Å². The van der Waals surface area contributed by atoms with Gasteiger partial charge in [0.2, 0.25) is 0 Å². The Morgan fingerprint density at radius 3 is 2.11 bits per heavy atom. The quantitative estimate of drug-likeness (QED) is 0.573. The molecule has 0 aliphatic carbocycles. The molecule has 0 amide bonds. The van der Waals surface area contributed by atoms with Crippen molar-refractivity contribution in [3.05, 3.63) is 22.8 Å². The second-order valence-corrected chi connectivity index (χ2v) is 5.05. The van der Waals surface area contributed by atoms with Gasteiger partial charge < -0.3 is 10.2 Å². The second kappa shape index (κ2) is 9.25. The van der Waals surface area contributed by atoms with Crippen LogP contribution in [0.4, 0.5) is 0 Å². The summed E-state index contributed by atoms with van der Waals surface area (Å²) in [4.78, 5) is 0. The first-order chi connectivity index (χ1) is 8.61. The molecule has 2 nitrogen and oxygen atoms in total. The Morgan fingerprint density at radius 1 is 0.895 bits per heavy atom. The Morgan fingerprint density at radius 2 is 1.53 bits per heavy atom. The van der Waals surface area contributed by atoms with Crippen LogP contribution in [0.2, 0.25) is 0 Å². The number of benzene rings is 1. The Bertz CT molecular complexity index is 389. The van der Waals surface area contributed by atoms with Gasteiger partial charge in [0.1, 0.15) is 0 Å². The van der Waals surface area contributed by atoms with Crippen LogP contribution in [0.15, 0.2) is 6.07 Å². The van der Waals surface area contributed by atoms with E-state index in [0.717, 1.165) is 43.2 Å². The van der Waals surface area contributed by atoms with Crippen LogP contribution in [0.25, 0.3) is 0 Å². The maximum absolute atomic E-state index is 12.0. The van der Waals surface area contributed by atoms with E-state index in [-0.39, 0.29) is 28.0 Å². The van der Waals surface area contributed by atoms with Gasteiger partial charge in [-0.05, 0) is 38.2 Å². The maximum Gasteiger partial charge on any atom is 2.00 e. The zero-order valence-electron chi connectivity index (χ0n) is 12.2. The van der Waals surface area contributed by atoms with Gasteiger partial charge in [-0.3, -0.25) is 0 Å². The zero-order valence-corrected chi connectivity index (χ0v) is 13.1. The Hall–Kier alpha value is -0.686. The number of hydrogen-bond acceptors (Lipinski definition) is 2. The average Bonchev–Trinajstić information content (AvgIpc) is 2.36. The first-order valence-electron chi connectivity index (χ1n) is 7.11. The van der Waals surface area contributed by atoms with E-state index in [2.05, 4.69) is 13.8 Å². The van der Waals surface area contributed by atoms with Gasteiger partial charge in [0.25, 0.3) is 0 Å². The van der Waals surface area contributed by atoms with Gasteiger partial charge in [0.15, 0.2) is 0 Å². The molecule has 0 spiro atoms. The van der Waals surface area contributed by atoms with Crippen LogP contribution in [-0.2, 0) is 29.3 Å². The van der Waals surface area contributed by atoms with Gasteiger partial charge >= 0.3 is 16.5 Å². The van der Waals surface area contributed by atoms with E-state index in [1.807, 2.05) is 6.07 Å². The molecule has 0 aliphatic rings. The minimum atomic E-state index is -0.305. The van der Waals surface area contributed by atoms with Crippen molar-refractivity contribution in [2.75, 3.05) is 0 Å². The predicted octanol–water partition coefficient (Wildman–Crippen LogP) is 3.22. The minimum absolute atomic E-state index is 0. The fourth-order valence-electron chi connectivity index (χ4n) is 2.29. The van der Waals surface area contributed by atoms with Crippen molar-refractivity contribution >= 4 is 0 Å². The topological polar surface area (TPSA) is 46.1 Å². The first kappa shape index (κ1) is 18.3. The van der Waals surface area contributed by atoms with Crippen molar-refractivity contribution in [3.8, 4) is 11.5 Å². The van der Waals surface area contributed by atoms with Gasteiger partial charge in [0.05, 0.1) is 0 Å². The predicted molar refractivity (Wildman–Crippen MR) is 71.9 cm³/mol. The molecule has 1 aromatic carbocycles. The van der Waals surface area contributed by atoms with Crippen LogP contribution in [-0.4, -0.2) is 0 Å². The van der Waals surface area contributed by atoms with Crippen LogP contribution in [0.5, 0.6) is 11.5 Å². The molecule has 0 radical (unpaired) electrons. The molecule has 0 fully saturated rings. The molecule has 1 aromatic rings. The molecule has 0 aromatic heterocycles. The van der Waals surface area contributed by atoms with Gasteiger partial charge in [-0.2, -0.15) is 0 Å². The molecule has 1 rings (SSSR count). The molecule has 0 atom stereocenters. The van der Waals surface area contributed by atoms with Crippen molar-refractivity contribution in [2.24, 2.45) is 0 Å². The van der Waals surface area contributed by atoms with Crippen LogP contribution in [0.3, 0.4) is 0 Å². The van der Waals surface area contributed by atoms with Crippen molar-refractivity contribution in [2.45, 2.75) is 65.7 Å². The van der Waals surface area contributed by atoms with Gasteiger partial charge in [-0.25, -0.2) is 0 Å². The van der Waals surface area contributed by atoms with E-state index in [9.17, 15) is 10.2 Å². The molecule has 0 aliphatic heterocycles. The van der Waals surface area contributed by atoms with Crippen molar-refractivity contribution in [1.82, 2.24) is 0 Å². The average molecular weight is 307 g/mol. The smallest absolute Gasteiger partial charge is 0.873 e. The number of rotatable bonds is 7. The summed E-state index contributed by atoms with van der Waals surface area (Å²) >= 11 is 0. The van der Waals surface area contributed by atoms with E-state index in [1.165, 1.54) is 12.8 Å². The van der Waals surface area contributed by atoms with E-state index in [4.69, 9.17) is 0 Å². The van der Waals surface area contributed by atoms with Gasteiger partial charge in [-0.15, -0.1) is 11.5 Å². The third-order valence-electron chi connectivity index (χ3n) is 3.45. The molecular weight excluding hydrogens is 283 g/mol. The zero-order chi connectivity index (χ0) is 13.5. The van der Waals surface area contributed by atoms with Crippen molar-refractivity contribution in [1.29, 1.82) is 0 Å². The Balaban J connectivity index is 0.00000324. The summed E-state index contributed by atoms with van der Waals surface area (Å²) in [6.45, 7) is 6.02. The minimum Gasteiger partial charge on any atom is -0.873 e. The molecule has 0 heterocycles. The van der Waals surface area contributed by atoms with Crippen LogP contribution in [0, 0.1) is 6.92 Å². The molecule has 110 valence electrons. The third kappa shape index (κ3) is 5.06. The van der Waals surface area contributed by atoms with Gasteiger partial charge in [0, 0.05) is 0 Å². The number of hydrogen-bond donors (Lipinski definition) is 0. The summed E-state index contributed by atoms with van der Waals surface area (Å²) in [6.07, 6.45) is 7.18. The monoisotopic (exact) mass is 306 g/mol.